The highest BCUT2D eigenvalue weighted by Crippen LogP contribution is 2.30. The van der Waals surface area contributed by atoms with E-state index in [1.807, 2.05) is 0 Å². The van der Waals surface area contributed by atoms with E-state index >= 15 is 0 Å². The number of hydrogen-bond donors (Lipinski definition) is 1. The molecule has 0 aromatic rings. The van der Waals surface area contributed by atoms with Gasteiger partial charge in [-0.1, -0.05) is 13.8 Å². The number of carbonyl (C=O) groups excluding carboxylic acids is 1. The summed E-state index contributed by atoms with van der Waals surface area (Å²) in [5.41, 5.74) is 0. The molecule has 1 aliphatic heterocycles. The van der Waals surface area contributed by atoms with Crippen LogP contribution in [0.25, 0.3) is 0 Å². The fourth-order valence-corrected chi connectivity index (χ4v) is 2.93. The highest BCUT2D eigenvalue weighted by Gasteiger charge is 2.28. The standard InChI is InChI=1S/C13H23NO2/c1-9-3-10(2)5-12(4-9)16-13(15)6-11-7-14-8-11/h9-12,14H,3-8H2,1-2H3. The van der Waals surface area contributed by atoms with Crippen LogP contribution in [0.1, 0.15) is 39.5 Å². The molecule has 3 heteroatoms. The van der Waals surface area contributed by atoms with Gasteiger partial charge >= 0.3 is 5.97 Å². The van der Waals surface area contributed by atoms with E-state index in [0.29, 0.717) is 24.2 Å². The third kappa shape index (κ3) is 3.21. The van der Waals surface area contributed by atoms with Crippen molar-refractivity contribution in [1.29, 1.82) is 0 Å². The van der Waals surface area contributed by atoms with Crippen LogP contribution in [-0.2, 0) is 9.53 Å². The minimum absolute atomic E-state index is 0.0119. The molecule has 2 aliphatic rings. The molecule has 0 aromatic carbocycles. The molecule has 1 aliphatic carbocycles. The molecule has 2 unspecified atom stereocenters. The van der Waals surface area contributed by atoms with E-state index in [2.05, 4.69) is 19.2 Å². The zero-order valence-corrected chi connectivity index (χ0v) is 10.4. The normalized spacial score (nSPS) is 35.5. The van der Waals surface area contributed by atoms with Crippen LogP contribution in [0.2, 0.25) is 0 Å². The topological polar surface area (TPSA) is 38.3 Å². The number of nitrogens with one attached hydrogen (secondary N) is 1. The Kier molecular flexibility index (Phi) is 3.85. The summed E-state index contributed by atoms with van der Waals surface area (Å²) >= 11 is 0. The van der Waals surface area contributed by atoms with E-state index in [1.54, 1.807) is 0 Å². The largest absolute Gasteiger partial charge is 0.462 e. The first kappa shape index (κ1) is 11.9. The van der Waals surface area contributed by atoms with Crippen LogP contribution in [-0.4, -0.2) is 25.2 Å². The first-order chi connectivity index (χ1) is 7.63. The summed E-state index contributed by atoms with van der Waals surface area (Å²) in [5, 5.41) is 3.18. The Bertz CT molecular complexity index is 240. The molecule has 3 nitrogen and oxygen atoms in total. The summed E-state index contributed by atoms with van der Waals surface area (Å²) in [4.78, 5) is 11.7. The second-order valence-electron chi connectivity index (χ2n) is 5.76. The van der Waals surface area contributed by atoms with Crippen molar-refractivity contribution in [3.63, 3.8) is 0 Å². The lowest BCUT2D eigenvalue weighted by Crippen LogP contribution is -2.43. The van der Waals surface area contributed by atoms with Crippen molar-refractivity contribution in [2.24, 2.45) is 17.8 Å². The Morgan fingerprint density at radius 3 is 2.31 bits per heavy atom. The molecule has 1 heterocycles. The highest BCUT2D eigenvalue weighted by atomic mass is 16.5. The van der Waals surface area contributed by atoms with Crippen LogP contribution in [0.4, 0.5) is 0 Å². The van der Waals surface area contributed by atoms with Gasteiger partial charge in [0.2, 0.25) is 0 Å². The van der Waals surface area contributed by atoms with E-state index in [-0.39, 0.29) is 12.1 Å². The van der Waals surface area contributed by atoms with Gasteiger partial charge in [0.1, 0.15) is 6.10 Å². The van der Waals surface area contributed by atoms with Crippen molar-refractivity contribution in [3.8, 4) is 0 Å². The van der Waals surface area contributed by atoms with E-state index in [4.69, 9.17) is 4.74 Å². The maximum absolute atomic E-state index is 11.7. The molecular formula is C13H23NO2. The van der Waals surface area contributed by atoms with Gasteiger partial charge in [0, 0.05) is 0 Å². The quantitative estimate of drug-likeness (QED) is 0.746. The van der Waals surface area contributed by atoms with E-state index in [0.717, 1.165) is 25.9 Å². The molecule has 2 fully saturated rings. The van der Waals surface area contributed by atoms with Gasteiger partial charge in [-0.25, -0.2) is 0 Å². The molecule has 2 atom stereocenters. The van der Waals surface area contributed by atoms with Crippen molar-refractivity contribution in [2.75, 3.05) is 13.1 Å². The summed E-state index contributed by atoms with van der Waals surface area (Å²) in [5.74, 6) is 1.93. The van der Waals surface area contributed by atoms with Gasteiger partial charge in [-0.05, 0) is 50.1 Å². The third-order valence-corrected chi connectivity index (χ3v) is 3.75. The smallest absolute Gasteiger partial charge is 0.306 e. The van der Waals surface area contributed by atoms with E-state index in [1.165, 1.54) is 6.42 Å². The average molecular weight is 225 g/mol. The lowest BCUT2D eigenvalue weighted by molar-refractivity contribution is -0.153. The van der Waals surface area contributed by atoms with Crippen molar-refractivity contribution < 1.29 is 9.53 Å². The Hall–Kier alpha value is -0.570. The molecule has 0 bridgehead atoms. The highest BCUT2D eigenvalue weighted by molar-refractivity contribution is 5.70. The van der Waals surface area contributed by atoms with Crippen LogP contribution in [0, 0.1) is 17.8 Å². The number of ether oxygens (including phenoxy) is 1. The number of hydrogen-bond acceptors (Lipinski definition) is 3. The van der Waals surface area contributed by atoms with E-state index < -0.39 is 0 Å². The molecule has 1 saturated heterocycles. The van der Waals surface area contributed by atoms with Gasteiger partial charge < -0.3 is 10.1 Å². The van der Waals surface area contributed by atoms with Crippen LogP contribution in [0.15, 0.2) is 0 Å². The molecule has 1 N–H and O–H groups in total. The third-order valence-electron chi connectivity index (χ3n) is 3.75. The molecular weight excluding hydrogens is 202 g/mol. The summed E-state index contributed by atoms with van der Waals surface area (Å²) in [6.45, 7) is 6.47. The second kappa shape index (κ2) is 5.17. The first-order valence-corrected chi connectivity index (χ1v) is 6.53. The molecule has 92 valence electrons. The van der Waals surface area contributed by atoms with Crippen molar-refractivity contribution in [2.45, 2.75) is 45.6 Å². The minimum Gasteiger partial charge on any atom is -0.462 e. The summed E-state index contributed by atoms with van der Waals surface area (Å²) in [6.07, 6.45) is 4.17. The van der Waals surface area contributed by atoms with Crippen LogP contribution >= 0.6 is 0 Å². The van der Waals surface area contributed by atoms with Gasteiger partial charge in [0.25, 0.3) is 0 Å². The average Bonchev–Trinajstić information content (AvgIpc) is 2.09. The predicted molar refractivity (Wildman–Crippen MR) is 63.0 cm³/mol. The zero-order valence-electron chi connectivity index (χ0n) is 10.4. The summed E-state index contributed by atoms with van der Waals surface area (Å²) in [6, 6.07) is 0. The molecule has 0 radical (unpaired) electrons. The lowest BCUT2D eigenvalue weighted by Gasteiger charge is -2.32. The van der Waals surface area contributed by atoms with Crippen LogP contribution in [0.3, 0.4) is 0 Å². The molecule has 1 saturated carbocycles. The molecule has 16 heavy (non-hydrogen) atoms. The second-order valence-corrected chi connectivity index (χ2v) is 5.76. The number of rotatable bonds is 3. The fraction of sp³-hybridized carbons (Fsp3) is 0.923. The van der Waals surface area contributed by atoms with Crippen LogP contribution in [0.5, 0.6) is 0 Å². The number of carbonyl (C=O) groups is 1. The van der Waals surface area contributed by atoms with Gasteiger partial charge in [0.05, 0.1) is 6.42 Å². The van der Waals surface area contributed by atoms with Crippen molar-refractivity contribution >= 4 is 5.97 Å². The number of esters is 1. The predicted octanol–water partition coefficient (Wildman–Crippen LogP) is 1.96. The van der Waals surface area contributed by atoms with Crippen molar-refractivity contribution in [1.82, 2.24) is 5.32 Å². The summed E-state index contributed by atoms with van der Waals surface area (Å²) in [7, 11) is 0. The van der Waals surface area contributed by atoms with Gasteiger partial charge in [-0.15, -0.1) is 0 Å². The maximum atomic E-state index is 11.7. The lowest BCUT2D eigenvalue weighted by atomic mass is 9.82. The minimum atomic E-state index is 0.0119. The zero-order chi connectivity index (χ0) is 11.5. The first-order valence-electron chi connectivity index (χ1n) is 6.53. The Morgan fingerprint density at radius 1 is 1.19 bits per heavy atom. The van der Waals surface area contributed by atoms with Crippen LogP contribution < -0.4 is 5.32 Å². The molecule has 0 amide bonds. The monoisotopic (exact) mass is 225 g/mol. The molecule has 0 spiro atoms. The Balaban J connectivity index is 1.72. The molecule has 2 rings (SSSR count). The van der Waals surface area contributed by atoms with Gasteiger partial charge in [0.15, 0.2) is 0 Å². The summed E-state index contributed by atoms with van der Waals surface area (Å²) < 4.78 is 5.57. The Labute approximate surface area is 97.9 Å². The maximum Gasteiger partial charge on any atom is 0.306 e. The SMILES string of the molecule is CC1CC(C)CC(OC(=O)CC2CNC2)C1. The van der Waals surface area contributed by atoms with E-state index in [9.17, 15) is 4.79 Å². The van der Waals surface area contributed by atoms with Crippen molar-refractivity contribution in [3.05, 3.63) is 0 Å². The van der Waals surface area contributed by atoms with Gasteiger partial charge in [-0.3, -0.25) is 4.79 Å². The van der Waals surface area contributed by atoms with Gasteiger partial charge in [-0.2, -0.15) is 0 Å². The molecule has 0 aromatic heterocycles. The fourth-order valence-electron chi connectivity index (χ4n) is 2.93. The Morgan fingerprint density at radius 2 is 1.81 bits per heavy atom.